The van der Waals surface area contributed by atoms with E-state index in [2.05, 4.69) is 92.5 Å². The molecule has 394 valence electrons. The summed E-state index contributed by atoms with van der Waals surface area (Å²) in [5.41, 5.74) is 5.29. The highest BCUT2D eigenvalue weighted by atomic mass is 79.9. The van der Waals surface area contributed by atoms with E-state index >= 15 is 0 Å². The van der Waals surface area contributed by atoms with E-state index in [9.17, 15) is 0 Å². The van der Waals surface area contributed by atoms with Gasteiger partial charge in [0.15, 0.2) is 23.0 Å². The predicted molar refractivity (Wildman–Crippen MR) is 275 cm³/mol. The van der Waals surface area contributed by atoms with Crippen molar-refractivity contribution in [1.29, 1.82) is 0 Å². The molecule has 0 radical (unpaired) electrons. The molecule has 0 unspecified atom stereocenters. The summed E-state index contributed by atoms with van der Waals surface area (Å²) < 4.78 is 93.7. The lowest BCUT2D eigenvalue weighted by atomic mass is 9.67. The lowest BCUT2D eigenvalue weighted by molar-refractivity contribution is 0.0159. The van der Waals surface area contributed by atoms with Gasteiger partial charge in [0.1, 0.15) is 26.4 Å². The van der Waals surface area contributed by atoms with Crippen LogP contribution < -0.4 is 18.9 Å². The van der Waals surface area contributed by atoms with E-state index < -0.39 is 5.41 Å². The minimum absolute atomic E-state index is 0.264. The molecule has 0 heterocycles. The molecule has 1 aliphatic rings. The summed E-state index contributed by atoms with van der Waals surface area (Å²) in [6.45, 7) is 10.1. The van der Waals surface area contributed by atoms with E-state index in [-0.39, 0.29) is 13.2 Å². The third-order valence-corrected chi connectivity index (χ3v) is 12.0. The van der Waals surface area contributed by atoms with Crippen LogP contribution >= 0.6 is 31.9 Å². The molecule has 0 fully saturated rings. The van der Waals surface area contributed by atoms with Crippen LogP contribution in [0.25, 0.3) is 11.1 Å². The molecule has 0 bridgehead atoms. The second-order valence-electron chi connectivity index (χ2n) is 15.7. The number of benzene rings is 4. The van der Waals surface area contributed by atoms with E-state index in [4.69, 9.17) is 75.8 Å². The monoisotopic (exact) mass is 1120 g/mol. The van der Waals surface area contributed by atoms with Crippen molar-refractivity contribution in [2.45, 2.75) is 5.41 Å². The van der Waals surface area contributed by atoms with Gasteiger partial charge < -0.3 is 75.8 Å². The summed E-state index contributed by atoms with van der Waals surface area (Å²) in [5.74, 6) is 2.23. The Kier molecular flexibility index (Phi) is 28.7. The molecular weight excluding hydrogens is 1050 g/mol. The van der Waals surface area contributed by atoms with Gasteiger partial charge >= 0.3 is 0 Å². The van der Waals surface area contributed by atoms with Crippen LogP contribution in [0.1, 0.15) is 22.3 Å². The summed E-state index contributed by atoms with van der Waals surface area (Å²) in [7, 11) is 6.58. The summed E-state index contributed by atoms with van der Waals surface area (Å²) in [4.78, 5) is 0. The van der Waals surface area contributed by atoms with Crippen molar-refractivity contribution in [1.82, 2.24) is 0 Å². The van der Waals surface area contributed by atoms with Crippen molar-refractivity contribution in [3.8, 4) is 34.1 Å². The van der Waals surface area contributed by atoms with Crippen molar-refractivity contribution in [3.63, 3.8) is 0 Å². The van der Waals surface area contributed by atoms with Crippen LogP contribution in [0.4, 0.5) is 0 Å². The van der Waals surface area contributed by atoms with Gasteiger partial charge in [0, 0.05) is 37.4 Å². The average Bonchev–Trinajstić information content (AvgIpc) is 3.66. The highest BCUT2D eigenvalue weighted by Gasteiger charge is 2.47. The van der Waals surface area contributed by atoms with Crippen molar-refractivity contribution >= 4 is 31.9 Å². The summed E-state index contributed by atoms with van der Waals surface area (Å²) >= 11 is 7.67. The first-order valence-electron chi connectivity index (χ1n) is 24.0. The van der Waals surface area contributed by atoms with Crippen LogP contribution in [0.15, 0.2) is 81.7 Å². The maximum absolute atomic E-state index is 6.57. The molecule has 0 atom stereocenters. The molecule has 0 saturated heterocycles. The van der Waals surface area contributed by atoms with Gasteiger partial charge in [0.05, 0.1) is 138 Å². The van der Waals surface area contributed by atoms with Crippen LogP contribution in [0.5, 0.6) is 23.0 Å². The summed E-state index contributed by atoms with van der Waals surface area (Å²) in [5, 5.41) is 0. The molecule has 0 spiro atoms. The molecule has 18 heteroatoms. The standard InChI is InChI=1S/C53H72Br2O16/c1-56-13-17-60-21-25-64-29-33-68-49-11-5-41(37-51(49)70-35-31-66-27-23-62-19-15-58-3)53(47-39-43(54)7-9-45(47)46-10-8-44(55)40-48(46)53)42-6-12-50(69-34-30-65-26-22-61-18-14-57-2)52(38-42)71-36-32-67-28-24-63-20-16-59-4/h5-12,37-40H,13-36H2,1-4H3. The first-order chi connectivity index (χ1) is 35.0. The van der Waals surface area contributed by atoms with E-state index in [0.717, 1.165) is 42.3 Å². The Bertz CT molecular complexity index is 1930. The fourth-order valence-electron chi connectivity index (χ4n) is 7.70. The van der Waals surface area contributed by atoms with Crippen molar-refractivity contribution in [2.24, 2.45) is 0 Å². The number of rotatable bonds is 42. The van der Waals surface area contributed by atoms with Gasteiger partial charge in [-0.2, -0.15) is 0 Å². The fourth-order valence-corrected chi connectivity index (χ4v) is 8.42. The Morgan fingerprint density at radius 2 is 0.563 bits per heavy atom. The van der Waals surface area contributed by atoms with Crippen LogP contribution in [-0.4, -0.2) is 187 Å². The van der Waals surface area contributed by atoms with E-state index in [1.54, 1.807) is 28.4 Å². The number of ether oxygens (including phenoxy) is 16. The normalized spacial score (nSPS) is 12.5. The third-order valence-electron chi connectivity index (χ3n) is 11.0. The van der Waals surface area contributed by atoms with Crippen LogP contribution in [0.3, 0.4) is 0 Å². The number of hydrogen-bond donors (Lipinski definition) is 0. The molecule has 71 heavy (non-hydrogen) atoms. The van der Waals surface area contributed by atoms with Gasteiger partial charge in [-0.25, -0.2) is 0 Å². The Labute approximate surface area is 436 Å². The Balaban J connectivity index is 1.49. The zero-order chi connectivity index (χ0) is 50.2. The number of methoxy groups -OCH3 is 4. The lowest BCUT2D eigenvalue weighted by Crippen LogP contribution is -2.29. The SMILES string of the molecule is COCCOCCOCCOc1ccc(C2(c3ccc(OCCOCCOCCOC)c(OCCOCCOCCOC)c3)c3cc(Br)ccc3-c3ccc(Br)cc32)cc1OCCOCCOCCOC. The van der Waals surface area contributed by atoms with Gasteiger partial charge in [0.25, 0.3) is 0 Å². The van der Waals surface area contributed by atoms with Crippen LogP contribution in [0, 0.1) is 0 Å². The minimum atomic E-state index is -0.893. The van der Waals surface area contributed by atoms with E-state index in [1.807, 2.05) is 12.1 Å². The molecule has 4 aromatic rings. The molecule has 1 aliphatic carbocycles. The Morgan fingerprint density at radius 1 is 0.296 bits per heavy atom. The largest absolute Gasteiger partial charge is 0.487 e. The molecule has 0 amide bonds. The first-order valence-corrected chi connectivity index (χ1v) is 25.5. The van der Waals surface area contributed by atoms with Gasteiger partial charge in [0.2, 0.25) is 0 Å². The van der Waals surface area contributed by atoms with Gasteiger partial charge in [-0.05, 0) is 81.9 Å². The number of hydrogen-bond acceptors (Lipinski definition) is 16. The molecular formula is C53H72Br2O16. The van der Waals surface area contributed by atoms with Crippen LogP contribution in [-0.2, 0) is 62.3 Å². The maximum atomic E-state index is 6.57. The van der Waals surface area contributed by atoms with Gasteiger partial charge in [-0.3, -0.25) is 0 Å². The topological polar surface area (TPSA) is 148 Å². The Morgan fingerprint density at radius 3 is 0.859 bits per heavy atom. The Hall–Kier alpha value is -3.44. The molecule has 16 nitrogen and oxygen atoms in total. The maximum Gasteiger partial charge on any atom is 0.161 e. The fraction of sp³-hybridized carbons (Fsp3) is 0.547. The highest BCUT2D eigenvalue weighted by Crippen LogP contribution is 2.58. The zero-order valence-corrected chi connectivity index (χ0v) is 44.9. The van der Waals surface area contributed by atoms with Crippen molar-refractivity contribution < 1.29 is 75.8 Å². The van der Waals surface area contributed by atoms with Gasteiger partial charge in [-0.15, -0.1) is 0 Å². The predicted octanol–water partition coefficient (Wildman–Crippen LogP) is 7.81. The van der Waals surface area contributed by atoms with Gasteiger partial charge in [-0.1, -0.05) is 56.1 Å². The minimum Gasteiger partial charge on any atom is -0.487 e. The second-order valence-corrected chi connectivity index (χ2v) is 17.5. The van der Waals surface area contributed by atoms with Crippen molar-refractivity contribution in [3.05, 3.63) is 104 Å². The lowest BCUT2D eigenvalue weighted by Gasteiger charge is -2.35. The summed E-state index contributed by atoms with van der Waals surface area (Å²) in [6, 6.07) is 25.1. The van der Waals surface area contributed by atoms with E-state index in [1.165, 1.54) is 0 Å². The third kappa shape index (κ3) is 19.1. The smallest absolute Gasteiger partial charge is 0.161 e. The second kappa shape index (κ2) is 34.9. The van der Waals surface area contributed by atoms with Crippen molar-refractivity contribution in [2.75, 3.05) is 187 Å². The number of halogens is 2. The highest BCUT2D eigenvalue weighted by molar-refractivity contribution is 9.10. The average molecular weight is 1120 g/mol. The van der Waals surface area contributed by atoms with Crippen LogP contribution in [0.2, 0.25) is 0 Å². The number of fused-ring (bicyclic) bond motifs is 3. The molecule has 0 saturated carbocycles. The molecule has 0 aromatic heterocycles. The molecule has 4 aromatic carbocycles. The quantitative estimate of drug-likeness (QED) is 0.0350. The van der Waals surface area contributed by atoms with E-state index in [0.29, 0.717) is 168 Å². The summed E-state index contributed by atoms with van der Waals surface area (Å²) in [6.07, 6.45) is 0. The first kappa shape index (κ1) is 58.4. The molecule has 0 N–H and O–H groups in total. The molecule has 0 aliphatic heterocycles. The molecule has 5 rings (SSSR count). The zero-order valence-electron chi connectivity index (χ0n) is 41.7.